The molecule has 0 bridgehead atoms. The number of aryl methyl sites for hydroxylation is 1. The van der Waals surface area contributed by atoms with Crippen molar-refractivity contribution in [2.75, 3.05) is 11.9 Å². The molecule has 154 valence electrons. The van der Waals surface area contributed by atoms with Crippen molar-refractivity contribution in [3.63, 3.8) is 0 Å². The Morgan fingerprint density at radius 1 is 1.14 bits per heavy atom. The van der Waals surface area contributed by atoms with E-state index in [4.69, 9.17) is 16.3 Å². The molecule has 29 heavy (non-hydrogen) atoms. The number of anilines is 1. The molecule has 2 N–H and O–H groups in total. The van der Waals surface area contributed by atoms with E-state index in [0.29, 0.717) is 22.9 Å². The van der Waals surface area contributed by atoms with Crippen LogP contribution in [0.3, 0.4) is 0 Å². The number of nitrogens with one attached hydrogen (secondary N) is 2. The zero-order valence-electron chi connectivity index (χ0n) is 16.9. The van der Waals surface area contributed by atoms with Crippen molar-refractivity contribution < 1.29 is 14.3 Å². The first-order valence-electron chi connectivity index (χ1n) is 9.51. The van der Waals surface area contributed by atoms with Crippen molar-refractivity contribution in [1.29, 1.82) is 0 Å². The first kappa shape index (κ1) is 22.4. The summed E-state index contributed by atoms with van der Waals surface area (Å²) in [6.07, 6.45) is 2.45. The van der Waals surface area contributed by atoms with Gasteiger partial charge in [0, 0.05) is 29.1 Å². The van der Waals surface area contributed by atoms with Crippen LogP contribution in [0.1, 0.15) is 42.9 Å². The smallest absolute Gasteiger partial charge is 0.240 e. The van der Waals surface area contributed by atoms with Gasteiger partial charge in [0.05, 0.1) is 12.8 Å². The van der Waals surface area contributed by atoms with Gasteiger partial charge in [-0.05, 0) is 55.7 Å². The van der Waals surface area contributed by atoms with Gasteiger partial charge in [0.25, 0.3) is 0 Å². The lowest BCUT2D eigenvalue weighted by Crippen LogP contribution is -2.21. The second-order valence-corrected chi connectivity index (χ2v) is 7.06. The van der Waals surface area contributed by atoms with Crippen LogP contribution in [0.2, 0.25) is 5.02 Å². The van der Waals surface area contributed by atoms with E-state index in [0.717, 1.165) is 23.2 Å². The molecule has 0 saturated heterocycles. The fourth-order valence-electron chi connectivity index (χ4n) is 2.52. The minimum Gasteiger partial charge on any atom is -0.493 e. The summed E-state index contributed by atoms with van der Waals surface area (Å²) in [5.74, 6) is 0.0699. The molecule has 2 rings (SSSR count). The lowest BCUT2D eigenvalue weighted by atomic mass is 10.1. The van der Waals surface area contributed by atoms with Gasteiger partial charge in [0.15, 0.2) is 0 Å². The van der Waals surface area contributed by atoms with E-state index in [1.165, 1.54) is 6.21 Å². The molecule has 0 atom stereocenters. The maximum absolute atomic E-state index is 12.1. The van der Waals surface area contributed by atoms with Crippen LogP contribution in [-0.2, 0) is 9.59 Å². The summed E-state index contributed by atoms with van der Waals surface area (Å²) in [7, 11) is 0. The average molecular weight is 416 g/mol. The van der Waals surface area contributed by atoms with Crippen molar-refractivity contribution in [3.05, 3.63) is 58.1 Å². The number of nitrogens with zero attached hydrogens (tertiary/aromatic N) is 1. The molecule has 2 amide bonds. The van der Waals surface area contributed by atoms with Gasteiger partial charge in [-0.3, -0.25) is 9.59 Å². The molecule has 2 aromatic rings. The van der Waals surface area contributed by atoms with Crippen molar-refractivity contribution in [2.45, 2.75) is 40.0 Å². The van der Waals surface area contributed by atoms with Gasteiger partial charge in [0.1, 0.15) is 5.75 Å². The highest BCUT2D eigenvalue weighted by Gasteiger charge is 2.09. The highest BCUT2D eigenvalue weighted by molar-refractivity contribution is 6.30. The number of carbonyl (C=O) groups is 2. The predicted molar refractivity (Wildman–Crippen MR) is 117 cm³/mol. The van der Waals surface area contributed by atoms with Crippen molar-refractivity contribution in [1.82, 2.24) is 5.43 Å². The van der Waals surface area contributed by atoms with Crippen molar-refractivity contribution in [2.24, 2.45) is 5.10 Å². The first-order chi connectivity index (χ1) is 13.9. The Morgan fingerprint density at radius 3 is 2.66 bits per heavy atom. The maximum Gasteiger partial charge on any atom is 0.240 e. The number of hydrogen-bond acceptors (Lipinski definition) is 4. The van der Waals surface area contributed by atoms with E-state index in [-0.39, 0.29) is 24.7 Å². The zero-order chi connectivity index (χ0) is 21.2. The van der Waals surface area contributed by atoms with Crippen LogP contribution in [0.5, 0.6) is 5.75 Å². The number of ether oxygens (including phenoxy) is 1. The van der Waals surface area contributed by atoms with E-state index in [2.05, 4.69) is 15.8 Å². The van der Waals surface area contributed by atoms with Gasteiger partial charge < -0.3 is 10.1 Å². The minimum atomic E-state index is -0.351. The molecular weight excluding hydrogens is 390 g/mol. The van der Waals surface area contributed by atoms with E-state index in [9.17, 15) is 9.59 Å². The predicted octanol–water partition coefficient (Wildman–Crippen LogP) is 4.61. The third-order valence-electron chi connectivity index (χ3n) is 4.28. The van der Waals surface area contributed by atoms with Crippen LogP contribution in [0.25, 0.3) is 0 Å². The molecule has 0 aliphatic rings. The number of hydrogen-bond donors (Lipinski definition) is 2. The molecule has 0 heterocycles. The third kappa shape index (κ3) is 7.23. The summed E-state index contributed by atoms with van der Waals surface area (Å²) in [5, 5.41) is 7.32. The fourth-order valence-corrected chi connectivity index (χ4v) is 2.70. The molecule has 0 fully saturated rings. The molecule has 0 spiro atoms. The van der Waals surface area contributed by atoms with Crippen LogP contribution in [0, 0.1) is 13.8 Å². The van der Waals surface area contributed by atoms with Crippen LogP contribution in [0.4, 0.5) is 5.69 Å². The first-order valence-corrected chi connectivity index (χ1v) is 9.88. The number of amides is 2. The molecule has 2 aromatic carbocycles. The number of benzene rings is 2. The Bertz CT molecular complexity index is 897. The monoisotopic (exact) mass is 415 g/mol. The fraction of sp³-hybridized carbons (Fsp3) is 0.318. The van der Waals surface area contributed by atoms with E-state index in [1.807, 2.05) is 39.0 Å². The summed E-state index contributed by atoms with van der Waals surface area (Å²) in [5.41, 5.74) is 5.96. The molecule has 7 heteroatoms. The van der Waals surface area contributed by atoms with Gasteiger partial charge in [-0.15, -0.1) is 0 Å². The molecule has 0 saturated carbocycles. The van der Waals surface area contributed by atoms with Crippen molar-refractivity contribution >= 4 is 35.3 Å². The molecule has 0 radical (unpaired) electrons. The van der Waals surface area contributed by atoms with Gasteiger partial charge in [0.2, 0.25) is 11.8 Å². The molecule has 6 nitrogen and oxygen atoms in total. The van der Waals surface area contributed by atoms with Gasteiger partial charge in [-0.2, -0.15) is 5.10 Å². The highest BCUT2D eigenvalue weighted by atomic mass is 35.5. The molecule has 0 aliphatic carbocycles. The van der Waals surface area contributed by atoms with Crippen LogP contribution in [0.15, 0.2) is 41.5 Å². The Balaban J connectivity index is 1.84. The second-order valence-electron chi connectivity index (χ2n) is 6.62. The summed E-state index contributed by atoms with van der Waals surface area (Å²) < 4.78 is 5.64. The molecular formula is C22H26ClN3O3. The van der Waals surface area contributed by atoms with Gasteiger partial charge >= 0.3 is 0 Å². The molecule has 0 aromatic heterocycles. The third-order valence-corrected chi connectivity index (χ3v) is 4.52. The summed E-state index contributed by atoms with van der Waals surface area (Å²) in [6.45, 7) is 6.51. The highest BCUT2D eigenvalue weighted by Crippen LogP contribution is 2.21. The summed E-state index contributed by atoms with van der Waals surface area (Å²) >= 11 is 6.02. The van der Waals surface area contributed by atoms with E-state index < -0.39 is 0 Å². The average Bonchev–Trinajstić information content (AvgIpc) is 2.69. The maximum atomic E-state index is 12.1. The standard InChI is InChI=1S/C22H26ClN3O3/c1-4-12-29-20-9-8-18(23)13-17(20)14-24-26-22(28)11-10-21(27)25-19-7-5-6-15(2)16(19)3/h5-9,13-14H,4,10-12H2,1-3H3,(H,25,27)(H,26,28). The Kier molecular flexibility index (Phi) is 8.68. The lowest BCUT2D eigenvalue weighted by molar-refractivity contribution is -0.124. The number of rotatable bonds is 9. The van der Waals surface area contributed by atoms with Crippen LogP contribution >= 0.6 is 11.6 Å². The van der Waals surface area contributed by atoms with Gasteiger partial charge in [-0.25, -0.2) is 5.43 Å². The van der Waals surface area contributed by atoms with Crippen molar-refractivity contribution in [3.8, 4) is 5.75 Å². The quantitative estimate of drug-likeness (QED) is 0.463. The van der Waals surface area contributed by atoms with E-state index in [1.54, 1.807) is 18.2 Å². The molecule has 0 aliphatic heterocycles. The van der Waals surface area contributed by atoms with Crippen LogP contribution < -0.4 is 15.5 Å². The van der Waals surface area contributed by atoms with Crippen LogP contribution in [-0.4, -0.2) is 24.6 Å². The summed E-state index contributed by atoms with van der Waals surface area (Å²) in [6, 6.07) is 10.9. The number of halogens is 1. The molecule has 0 unspecified atom stereocenters. The largest absolute Gasteiger partial charge is 0.493 e. The minimum absolute atomic E-state index is 0.0305. The number of hydrazone groups is 1. The normalized spacial score (nSPS) is 10.8. The Morgan fingerprint density at radius 2 is 1.90 bits per heavy atom. The van der Waals surface area contributed by atoms with Gasteiger partial charge in [-0.1, -0.05) is 30.7 Å². The Hall–Kier alpha value is -2.86. The second kappa shape index (κ2) is 11.2. The summed E-state index contributed by atoms with van der Waals surface area (Å²) in [4.78, 5) is 24.1. The Labute approximate surface area is 176 Å². The number of carbonyl (C=O) groups excluding carboxylic acids is 2. The topological polar surface area (TPSA) is 79.8 Å². The SMILES string of the molecule is CCCOc1ccc(Cl)cc1C=NNC(=O)CCC(=O)Nc1cccc(C)c1C. The zero-order valence-corrected chi connectivity index (χ0v) is 17.7. The lowest BCUT2D eigenvalue weighted by Gasteiger charge is -2.10. The van der Waals surface area contributed by atoms with E-state index >= 15 is 0 Å².